The summed E-state index contributed by atoms with van der Waals surface area (Å²) in [5.74, 6) is 0.622. The van der Waals surface area contributed by atoms with Gasteiger partial charge in [0.1, 0.15) is 0 Å². The summed E-state index contributed by atoms with van der Waals surface area (Å²) >= 11 is 0. The molecule has 17 heavy (non-hydrogen) atoms. The minimum Gasteiger partial charge on any atom is -0.378 e. The Morgan fingerprint density at radius 3 is 2.94 bits per heavy atom. The highest BCUT2D eigenvalue weighted by Crippen LogP contribution is 2.14. The molecule has 0 aromatic carbocycles. The van der Waals surface area contributed by atoms with E-state index in [1.165, 1.54) is 6.07 Å². The number of nitrogens with zero attached hydrogens (tertiary/aromatic N) is 2. The van der Waals surface area contributed by atoms with Gasteiger partial charge >= 0.3 is 0 Å². The summed E-state index contributed by atoms with van der Waals surface area (Å²) < 4.78 is 4.99. The van der Waals surface area contributed by atoms with Crippen molar-refractivity contribution in [3.8, 4) is 0 Å². The highest BCUT2D eigenvalue weighted by molar-refractivity contribution is 5.31. The predicted octanol–water partition coefficient (Wildman–Crippen LogP) is -0.156. The van der Waals surface area contributed by atoms with Crippen LogP contribution in [0.15, 0.2) is 10.9 Å². The molecule has 0 radical (unpaired) electrons. The van der Waals surface area contributed by atoms with Crippen molar-refractivity contribution >= 4 is 5.95 Å². The number of H-pyrrole nitrogens is 1. The van der Waals surface area contributed by atoms with Crippen molar-refractivity contribution in [1.29, 1.82) is 0 Å². The predicted molar refractivity (Wildman–Crippen MR) is 65.0 cm³/mol. The first kappa shape index (κ1) is 12.1. The van der Waals surface area contributed by atoms with Crippen LogP contribution in [0.1, 0.15) is 18.5 Å². The summed E-state index contributed by atoms with van der Waals surface area (Å²) in [6.45, 7) is 2.02. The Bertz CT molecular complexity index is 424. The van der Waals surface area contributed by atoms with Gasteiger partial charge in [0, 0.05) is 32.3 Å². The molecule has 94 valence electrons. The Morgan fingerprint density at radius 2 is 2.29 bits per heavy atom. The molecule has 0 aliphatic carbocycles. The summed E-state index contributed by atoms with van der Waals surface area (Å²) in [6, 6.07) is 1.73. The van der Waals surface area contributed by atoms with Gasteiger partial charge in [0.2, 0.25) is 5.95 Å². The second-order valence-corrected chi connectivity index (χ2v) is 4.32. The molecule has 0 atom stereocenters. The zero-order valence-electron chi connectivity index (χ0n) is 9.98. The maximum atomic E-state index is 11.5. The SMILES string of the molecule is COCc1cc(=O)[nH]c(N2CCC(N)CC2)n1. The highest BCUT2D eigenvalue weighted by atomic mass is 16.5. The van der Waals surface area contributed by atoms with Gasteiger partial charge in [-0.25, -0.2) is 4.98 Å². The van der Waals surface area contributed by atoms with E-state index in [1.807, 2.05) is 0 Å². The van der Waals surface area contributed by atoms with Crippen LogP contribution in [0, 0.1) is 0 Å². The average molecular weight is 238 g/mol. The third-order valence-corrected chi connectivity index (χ3v) is 2.91. The van der Waals surface area contributed by atoms with Gasteiger partial charge in [0.25, 0.3) is 5.56 Å². The maximum absolute atomic E-state index is 11.5. The number of rotatable bonds is 3. The molecule has 1 fully saturated rings. The molecule has 3 N–H and O–H groups in total. The third-order valence-electron chi connectivity index (χ3n) is 2.91. The molecule has 2 heterocycles. The van der Waals surface area contributed by atoms with E-state index in [9.17, 15) is 4.79 Å². The van der Waals surface area contributed by atoms with Gasteiger partial charge in [-0.3, -0.25) is 9.78 Å². The van der Waals surface area contributed by atoms with E-state index in [2.05, 4.69) is 14.9 Å². The van der Waals surface area contributed by atoms with E-state index in [1.54, 1.807) is 7.11 Å². The van der Waals surface area contributed by atoms with Crippen LogP contribution in [0.4, 0.5) is 5.95 Å². The molecular formula is C11H18N4O2. The zero-order chi connectivity index (χ0) is 12.3. The molecule has 1 aromatic heterocycles. The monoisotopic (exact) mass is 238 g/mol. The first-order valence-corrected chi connectivity index (χ1v) is 5.79. The van der Waals surface area contributed by atoms with E-state index >= 15 is 0 Å². The summed E-state index contributed by atoms with van der Waals surface area (Å²) in [5, 5.41) is 0. The molecule has 0 spiro atoms. The van der Waals surface area contributed by atoms with Crippen LogP contribution >= 0.6 is 0 Å². The number of anilines is 1. The number of methoxy groups -OCH3 is 1. The molecule has 1 aliphatic heterocycles. The fraction of sp³-hybridized carbons (Fsp3) is 0.636. The van der Waals surface area contributed by atoms with E-state index in [4.69, 9.17) is 10.5 Å². The van der Waals surface area contributed by atoms with Crippen LogP contribution in [0.2, 0.25) is 0 Å². The molecule has 6 nitrogen and oxygen atoms in total. The molecule has 0 amide bonds. The fourth-order valence-electron chi connectivity index (χ4n) is 1.98. The molecule has 1 aromatic rings. The standard InChI is InChI=1S/C11H18N4O2/c1-17-7-9-6-10(16)14-11(13-9)15-4-2-8(12)3-5-15/h6,8H,2-5,7,12H2,1H3,(H,13,14,16). The van der Waals surface area contributed by atoms with E-state index < -0.39 is 0 Å². The summed E-state index contributed by atoms with van der Waals surface area (Å²) in [5.41, 5.74) is 6.36. The number of ether oxygens (including phenoxy) is 1. The van der Waals surface area contributed by atoms with Gasteiger partial charge in [0.15, 0.2) is 0 Å². The number of hydrogen-bond donors (Lipinski definition) is 2. The van der Waals surface area contributed by atoms with Crippen molar-refractivity contribution in [3.63, 3.8) is 0 Å². The van der Waals surface area contributed by atoms with Crippen molar-refractivity contribution < 1.29 is 4.74 Å². The minimum absolute atomic E-state index is 0.142. The lowest BCUT2D eigenvalue weighted by molar-refractivity contribution is 0.181. The minimum atomic E-state index is -0.142. The lowest BCUT2D eigenvalue weighted by atomic mass is 10.1. The molecule has 6 heteroatoms. The van der Waals surface area contributed by atoms with Gasteiger partial charge in [-0.2, -0.15) is 0 Å². The number of hydrogen-bond acceptors (Lipinski definition) is 5. The zero-order valence-corrected chi connectivity index (χ0v) is 9.98. The topological polar surface area (TPSA) is 84.2 Å². The van der Waals surface area contributed by atoms with Gasteiger partial charge in [-0.1, -0.05) is 0 Å². The second kappa shape index (κ2) is 5.29. The highest BCUT2D eigenvalue weighted by Gasteiger charge is 2.18. The van der Waals surface area contributed by atoms with E-state index in [0.717, 1.165) is 25.9 Å². The number of aromatic nitrogens is 2. The molecule has 1 saturated heterocycles. The molecular weight excluding hydrogens is 220 g/mol. The second-order valence-electron chi connectivity index (χ2n) is 4.32. The number of piperidine rings is 1. The lowest BCUT2D eigenvalue weighted by Gasteiger charge is -2.30. The number of nitrogens with one attached hydrogen (secondary N) is 1. The maximum Gasteiger partial charge on any atom is 0.252 e. The molecule has 1 aliphatic rings. The number of aromatic amines is 1. The Labute approximate surface area is 99.8 Å². The summed E-state index contributed by atoms with van der Waals surface area (Å²) in [6.07, 6.45) is 1.86. The van der Waals surface area contributed by atoms with Crippen LogP contribution in [0.25, 0.3) is 0 Å². The largest absolute Gasteiger partial charge is 0.378 e. The van der Waals surface area contributed by atoms with Crippen molar-refractivity contribution in [3.05, 3.63) is 22.1 Å². The molecule has 0 saturated carbocycles. The quantitative estimate of drug-likeness (QED) is 0.764. The third kappa shape index (κ3) is 3.04. The summed E-state index contributed by atoms with van der Waals surface area (Å²) in [4.78, 5) is 20.7. The number of nitrogens with two attached hydrogens (primary N) is 1. The molecule has 2 rings (SSSR count). The van der Waals surface area contributed by atoms with Gasteiger partial charge < -0.3 is 15.4 Å². The van der Waals surface area contributed by atoms with Crippen LogP contribution in [0.5, 0.6) is 0 Å². The van der Waals surface area contributed by atoms with Crippen molar-refractivity contribution in [1.82, 2.24) is 9.97 Å². The van der Waals surface area contributed by atoms with Crippen LogP contribution in [-0.4, -0.2) is 36.2 Å². The van der Waals surface area contributed by atoms with Crippen LogP contribution < -0.4 is 16.2 Å². The Hall–Kier alpha value is -1.40. The van der Waals surface area contributed by atoms with E-state index in [-0.39, 0.29) is 11.6 Å². The molecule has 0 unspecified atom stereocenters. The van der Waals surface area contributed by atoms with Gasteiger partial charge in [-0.15, -0.1) is 0 Å². The Balaban J connectivity index is 2.17. The van der Waals surface area contributed by atoms with Crippen LogP contribution in [-0.2, 0) is 11.3 Å². The fourth-order valence-corrected chi connectivity index (χ4v) is 1.98. The van der Waals surface area contributed by atoms with Gasteiger partial charge in [-0.05, 0) is 12.8 Å². The van der Waals surface area contributed by atoms with E-state index in [0.29, 0.717) is 18.2 Å². The average Bonchev–Trinajstić information content (AvgIpc) is 2.29. The Kier molecular flexibility index (Phi) is 3.75. The Morgan fingerprint density at radius 1 is 1.59 bits per heavy atom. The van der Waals surface area contributed by atoms with Gasteiger partial charge in [0.05, 0.1) is 12.3 Å². The smallest absolute Gasteiger partial charge is 0.252 e. The summed E-state index contributed by atoms with van der Waals surface area (Å²) in [7, 11) is 1.59. The first-order chi connectivity index (χ1) is 8.19. The van der Waals surface area contributed by atoms with Crippen molar-refractivity contribution in [2.45, 2.75) is 25.5 Å². The van der Waals surface area contributed by atoms with Crippen LogP contribution in [0.3, 0.4) is 0 Å². The normalized spacial score (nSPS) is 17.4. The van der Waals surface area contributed by atoms with Crippen molar-refractivity contribution in [2.75, 3.05) is 25.1 Å². The first-order valence-electron chi connectivity index (χ1n) is 5.79. The molecule has 0 bridgehead atoms. The van der Waals surface area contributed by atoms with Crippen molar-refractivity contribution in [2.24, 2.45) is 5.73 Å². The lowest BCUT2D eigenvalue weighted by Crippen LogP contribution is -2.41.